The summed E-state index contributed by atoms with van der Waals surface area (Å²) in [4.78, 5) is 17.5. The van der Waals surface area contributed by atoms with Crippen LogP contribution in [0.15, 0.2) is 53.3 Å². The highest BCUT2D eigenvalue weighted by Gasteiger charge is 2.12. The van der Waals surface area contributed by atoms with E-state index >= 15 is 0 Å². The van der Waals surface area contributed by atoms with Crippen molar-refractivity contribution < 1.29 is 0 Å². The molecular formula is C24H25N3O. The van der Waals surface area contributed by atoms with Crippen LogP contribution in [0.2, 0.25) is 0 Å². The molecule has 0 unspecified atom stereocenters. The fourth-order valence-electron chi connectivity index (χ4n) is 3.31. The lowest BCUT2D eigenvalue weighted by atomic mass is 9.99. The predicted molar refractivity (Wildman–Crippen MR) is 112 cm³/mol. The SMILES string of the molecule is CCCCc1nc(C)c(C)c(=O)n1Cc1ccc(-c2ccccc2C#N)cc1. The summed E-state index contributed by atoms with van der Waals surface area (Å²) in [5.74, 6) is 0.855. The first kappa shape index (κ1) is 19.6. The van der Waals surface area contributed by atoms with Gasteiger partial charge >= 0.3 is 0 Å². The van der Waals surface area contributed by atoms with Gasteiger partial charge in [-0.15, -0.1) is 0 Å². The lowest BCUT2D eigenvalue weighted by Crippen LogP contribution is -2.28. The van der Waals surface area contributed by atoms with Crippen LogP contribution in [0.25, 0.3) is 11.1 Å². The highest BCUT2D eigenvalue weighted by Crippen LogP contribution is 2.23. The zero-order valence-corrected chi connectivity index (χ0v) is 16.7. The maximum Gasteiger partial charge on any atom is 0.256 e. The molecule has 0 saturated heterocycles. The smallest absolute Gasteiger partial charge is 0.256 e. The molecule has 0 bridgehead atoms. The van der Waals surface area contributed by atoms with Gasteiger partial charge in [0.15, 0.2) is 0 Å². The Labute approximate surface area is 166 Å². The van der Waals surface area contributed by atoms with E-state index in [0.29, 0.717) is 17.7 Å². The molecule has 1 heterocycles. The van der Waals surface area contributed by atoms with E-state index in [9.17, 15) is 10.1 Å². The summed E-state index contributed by atoms with van der Waals surface area (Å²) < 4.78 is 1.80. The van der Waals surface area contributed by atoms with Gasteiger partial charge in [-0.2, -0.15) is 5.26 Å². The van der Waals surface area contributed by atoms with Crippen LogP contribution in [0.3, 0.4) is 0 Å². The van der Waals surface area contributed by atoms with E-state index in [2.05, 4.69) is 18.0 Å². The maximum absolute atomic E-state index is 12.8. The van der Waals surface area contributed by atoms with Crippen molar-refractivity contribution in [3.8, 4) is 17.2 Å². The molecule has 28 heavy (non-hydrogen) atoms. The summed E-state index contributed by atoms with van der Waals surface area (Å²) in [7, 11) is 0. The molecule has 0 amide bonds. The Bertz CT molecular complexity index is 1070. The molecule has 1 aromatic heterocycles. The number of unbranched alkanes of at least 4 members (excludes halogenated alkanes) is 1. The van der Waals surface area contributed by atoms with Crippen molar-refractivity contribution in [1.82, 2.24) is 9.55 Å². The number of aryl methyl sites for hydroxylation is 2. The molecule has 0 aliphatic heterocycles. The Kier molecular flexibility index (Phi) is 6.06. The molecule has 3 aromatic rings. The zero-order valence-electron chi connectivity index (χ0n) is 16.7. The fraction of sp³-hybridized carbons (Fsp3) is 0.292. The average Bonchev–Trinajstić information content (AvgIpc) is 2.73. The van der Waals surface area contributed by atoms with Gasteiger partial charge in [0.05, 0.1) is 18.2 Å². The van der Waals surface area contributed by atoms with E-state index in [1.54, 1.807) is 4.57 Å². The van der Waals surface area contributed by atoms with Gasteiger partial charge in [0, 0.05) is 17.7 Å². The van der Waals surface area contributed by atoms with Gasteiger partial charge in [-0.1, -0.05) is 55.8 Å². The van der Waals surface area contributed by atoms with E-state index in [1.165, 1.54) is 0 Å². The lowest BCUT2D eigenvalue weighted by Gasteiger charge is -2.15. The number of rotatable bonds is 6. The van der Waals surface area contributed by atoms with Crippen molar-refractivity contribution in [3.63, 3.8) is 0 Å². The molecule has 0 saturated carbocycles. The minimum absolute atomic E-state index is 0.0394. The van der Waals surface area contributed by atoms with Gasteiger partial charge in [-0.05, 0) is 43.0 Å². The van der Waals surface area contributed by atoms with Gasteiger partial charge in [0.2, 0.25) is 0 Å². The molecule has 3 rings (SSSR count). The van der Waals surface area contributed by atoms with E-state index in [1.807, 2.05) is 62.4 Å². The second kappa shape index (κ2) is 8.67. The van der Waals surface area contributed by atoms with Crippen LogP contribution < -0.4 is 5.56 Å². The highest BCUT2D eigenvalue weighted by molar-refractivity contribution is 5.70. The standard InChI is InChI=1S/C24H25N3O/c1-4-5-10-23-26-18(3)17(2)24(28)27(23)16-19-11-13-20(14-12-19)22-9-7-6-8-21(22)15-25/h6-9,11-14H,4-5,10,16H2,1-3H3. The predicted octanol–water partition coefficient (Wildman–Crippen LogP) is 4.79. The Morgan fingerprint density at radius 3 is 2.46 bits per heavy atom. The van der Waals surface area contributed by atoms with Crippen molar-refractivity contribution in [2.45, 2.75) is 46.6 Å². The summed E-state index contributed by atoms with van der Waals surface area (Å²) in [6.07, 6.45) is 2.88. The molecule has 0 fully saturated rings. The van der Waals surface area contributed by atoms with Gasteiger partial charge in [0.1, 0.15) is 5.82 Å². The number of aromatic nitrogens is 2. The first-order chi connectivity index (χ1) is 13.5. The van der Waals surface area contributed by atoms with Gasteiger partial charge in [0.25, 0.3) is 5.56 Å². The lowest BCUT2D eigenvalue weighted by molar-refractivity contribution is 0.627. The largest absolute Gasteiger partial charge is 0.292 e. The fourth-order valence-corrected chi connectivity index (χ4v) is 3.31. The van der Waals surface area contributed by atoms with E-state index < -0.39 is 0 Å². The molecule has 142 valence electrons. The van der Waals surface area contributed by atoms with Gasteiger partial charge in [-0.25, -0.2) is 4.98 Å². The van der Waals surface area contributed by atoms with Crippen LogP contribution in [0, 0.1) is 25.2 Å². The minimum atomic E-state index is 0.0394. The van der Waals surface area contributed by atoms with Gasteiger partial charge in [-0.3, -0.25) is 9.36 Å². The molecule has 0 atom stereocenters. The van der Waals surface area contributed by atoms with Crippen molar-refractivity contribution in [2.75, 3.05) is 0 Å². The van der Waals surface area contributed by atoms with Crippen LogP contribution in [0.1, 0.15) is 48.0 Å². The molecule has 2 aromatic carbocycles. The third-order valence-electron chi connectivity index (χ3n) is 5.12. The van der Waals surface area contributed by atoms with Crippen LogP contribution in [-0.2, 0) is 13.0 Å². The summed E-state index contributed by atoms with van der Waals surface area (Å²) in [6.45, 7) is 6.39. The normalized spacial score (nSPS) is 10.6. The molecule has 0 radical (unpaired) electrons. The number of hydrogen-bond acceptors (Lipinski definition) is 3. The van der Waals surface area contributed by atoms with Crippen LogP contribution in [-0.4, -0.2) is 9.55 Å². The minimum Gasteiger partial charge on any atom is -0.292 e. The van der Waals surface area contributed by atoms with Gasteiger partial charge < -0.3 is 0 Å². The summed E-state index contributed by atoms with van der Waals surface area (Å²) in [6, 6.07) is 17.9. The highest BCUT2D eigenvalue weighted by atomic mass is 16.1. The van der Waals surface area contributed by atoms with Crippen molar-refractivity contribution >= 4 is 0 Å². The molecule has 4 nitrogen and oxygen atoms in total. The van der Waals surface area contributed by atoms with E-state index in [4.69, 9.17) is 0 Å². The molecule has 0 aliphatic carbocycles. The number of benzene rings is 2. The summed E-state index contributed by atoms with van der Waals surface area (Å²) >= 11 is 0. The molecule has 4 heteroatoms. The molecule has 0 spiro atoms. The third-order valence-corrected chi connectivity index (χ3v) is 5.12. The summed E-state index contributed by atoms with van der Waals surface area (Å²) in [5.41, 5.74) is 5.19. The number of nitrogens with zero attached hydrogens (tertiary/aromatic N) is 3. The summed E-state index contributed by atoms with van der Waals surface area (Å²) in [5, 5.41) is 9.31. The first-order valence-corrected chi connectivity index (χ1v) is 9.70. The molecular weight excluding hydrogens is 346 g/mol. The van der Waals surface area contributed by atoms with Crippen molar-refractivity contribution in [1.29, 1.82) is 5.26 Å². The number of hydrogen-bond donors (Lipinski definition) is 0. The van der Waals surface area contributed by atoms with E-state index in [0.717, 1.165) is 47.5 Å². The van der Waals surface area contributed by atoms with Crippen molar-refractivity contribution in [3.05, 3.63) is 87.1 Å². The Balaban J connectivity index is 1.94. The second-order valence-electron chi connectivity index (χ2n) is 7.09. The third kappa shape index (κ3) is 4.04. The maximum atomic E-state index is 12.8. The Morgan fingerprint density at radius 1 is 1.07 bits per heavy atom. The second-order valence-corrected chi connectivity index (χ2v) is 7.09. The number of nitriles is 1. The Hall–Kier alpha value is -3.19. The van der Waals surface area contributed by atoms with Crippen LogP contribution in [0.4, 0.5) is 0 Å². The monoisotopic (exact) mass is 371 g/mol. The van der Waals surface area contributed by atoms with Crippen molar-refractivity contribution in [2.24, 2.45) is 0 Å². The first-order valence-electron chi connectivity index (χ1n) is 9.70. The topological polar surface area (TPSA) is 58.7 Å². The van der Waals surface area contributed by atoms with E-state index in [-0.39, 0.29) is 5.56 Å². The average molecular weight is 371 g/mol. The van der Waals surface area contributed by atoms with Crippen LogP contribution in [0.5, 0.6) is 0 Å². The van der Waals surface area contributed by atoms with Crippen LogP contribution >= 0.6 is 0 Å². The molecule has 0 aliphatic rings. The zero-order chi connectivity index (χ0) is 20.1. The quantitative estimate of drug-likeness (QED) is 0.626. The Morgan fingerprint density at radius 2 is 1.79 bits per heavy atom. The molecule has 0 N–H and O–H groups in total.